The number of aromatic nitrogens is 5. The van der Waals surface area contributed by atoms with E-state index in [1.165, 1.54) is 11.1 Å². The zero-order chi connectivity index (χ0) is 20.2. The second-order valence-electron chi connectivity index (χ2n) is 6.98. The topological polar surface area (TPSA) is 68.5 Å². The molecule has 0 aliphatic carbocycles. The number of nitrogens with one attached hydrogen (secondary N) is 1. The fraction of sp³-hybridized carbons (Fsp3) is 0.0833. The quantitative estimate of drug-likeness (QED) is 0.459. The Bertz CT molecular complexity index is 1270. The molecule has 1 N–H and O–H groups in total. The Hall–Kier alpha value is -4.06. The fourth-order valence-electron chi connectivity index (χ4n) is 3.47. The van der Waals surface area contributed by atoms with E-state index < -0.39 is 0 Å². The van der Waals surface area contributed by atoms with E-state index in [-0.39, 0.29) is 0 Å². The van der Waals surface area contributed by atoms with Crippen molar-refractivity contribution < 1.29 is 0 Å². The van der Waals surface area contributed by atoms with Gasteiger partial charge in [0.2, 0.25) is 0 Å². The standard InChI is InChI=1S/C24H20N6/c1-2-8-20(17-30-14-6-13-27-30)18(7-1)16-26-24-21-10-3-4-11-22(21)28-23(29-24)19-9-5-12-25-15-19/h1-15H,16-17H2,(H,26,28,29). The molecule has 0 aliphatic heterocycles. The van der Waals surface area contributed by atoms with Crippen LogP contribution in [0.25, 0.3) is 22.3 Å². The van der Waals surface area contributed by atoms with E-state index in [0.717, 1.165) is 28.8 Å². The van der Waals surface area contributed by atoms with Gasteiger partial charge < -0.3 is 5.32 Å². The van der Waals surface area contributed by atoms with Crippen molar-refractivity contribution >= 4 is 16.7 Å². The van der Waals surface area contributed by atoms with Crippen LogP contribution in [0.2, 0.25) is 0 Å². The molecular weight excluding hydrogens is 372 g/mol. The maximum Gasteiger partial charge on any atom is 0.163 e. The molecule has 3 aromatic heterocycles. The number of para-hydroxylation sites is 1. The molecule has 0 radical (unpaired) electrons. The summed E-state index contributed by atoms with van der Waals surface area (Å²) in [4.78, 5) is 13.7. The zero-order valence-corrected chi connectivity index (χ0v) is 16.3. The molecule has 6 nitrogen and oxygen atoms in total. The van der Waals surface area contributed by atoms with Gasteiger partial charge in [-0.2, -0.15) is 5.10 Å². The van der Waals surface area contributed by atoms with E-state index in [9.17, 15) is 0 Å². The predicted octanol–water partition coefficient (Wildman–Crippen LogP) is 4.55. The van der Waals surface area contributed by atoms with Gasteiger partial charge in [-0.3, -0.25) is 9.67 Å². The van der Waals surface area contributed by atoms with Crippen molar-refractivity contribution in [2.45, 2.75) is 13.1 Å². The highest BCUT2D eigenvalue weighted by atomic mass is 15.3. The van der Waals surface area contributed by atoms with Crippen LogP contribution >= 0.6 is 0 Å². The highest BCUT2D eigenvalue weighted by molar-refractivity contribution is 5.90. The molecule has 5 rings (SSSR count). The number of rotatable bonds is 6. The molecular formula is C24H20N6. The number of nitrogens with zero attached hydrogens (tertiary/aromatic N) is 5. The van der Waals surface area contributed by atoms with E-state index in [0.29, 0.717) is 12.4 Å². The fourth-order valence-corrected chi connectivity index (χ4v) is 3.47. The minimum absolute atomic E-state index is 0.658. The van der Waals surface area contributed by atoms with Crippen LogP contribution in [-0.2, 0) is 13.1 Å². The normalized spacial score (nSPS) is 10.9. The molecule has 2 aromatic carbocycles. The number of pyridine rings is 1. The molecule has 0 amide bonds. The molecule has 0 atom stereocenters. The van der Waals surface area contributed by atoms with Crippen molar-refractivity contribution in [1.82, 2.24) is 24.7 Å². The first-order valence-corrected chi connectivity index (χ1v) is 9.82. The van der Waals surface area contributed by atoms with Gasteiger partial charge in [0, 0.05) is 42.3 Å². The first-order valence-electron chi connectivity index (χ1n) is 9.82. The predicted molar refractivity (Wildman–Crippen MR) is 118 cm³/mol. The maximum absolute atomic E-state index is 4.81. The van der Waals surface area contributed by atoms with E-state index in [4.69, 9.17) is 9.97 Å². The van der Waals surface area contributed by atoms with Gasteiger partial charge in [0.1, 0.15) is 5.82 Å². The van der Waals surface area contributed by atoms with Crippen LogP contribution in [0.15, 0.2) is 91.5 Å². The van der Waals surface area contributed by atoms with Crippen molar-refractivity contribution in [2.24, 2.45) is 0 Å². The van der Waals surface area contributed by atoms with Gasteiger partial charge in [0.25, 0.3) is 0 Å². The average molecular weight is 392 g/mol. The van der Waals surface area contributed by atoms with Gasteiger partial charge in [-0.05, 0) is 41.5 Å². The molecule has 0 saturated carbocycles. The minimum atomic E-state index is 0.658. The number of benzene rings is 2. The van der Waals surface area contributed by atoms with Crippen LogP contribution in [-0.4, -0.2) is 24.7 Å². The third kappa shape index (κ3) is 3.75. The van der Waals surface area contributed by atoms with Crippen molar-refractivity contribution in [3.63, 3.8) is 0 Å². The van der Waals surface area contributed by atoms with Gasteiger partial charge in [0.15, 0.2) is 5.82 Å². The largest absolute Gasteiger partial charge is 0.365 e. The third-order valence-electron chi connectivity index (χ3n) is 4.98. The lowest BCUT2D eigenvalue weighted by Crippen LogP contribution is -2.08. The van der Waals surface area contributed by atoms with Crippen molar-refractivity contribution in [1.29, 1.82) is 0 Å². The van der Waals surface area contributed by atoms with E-state index in [1.54, 1.807) is 18.6 Å². The van der Waals surface area contributed by atoms with Crippen LogP contribution in [0.3, 0.4) is 0 Å². The summed E-state index contributed by atoms with van der Waals surface area (Å²) >= 11 is 0. The van der Waals surface area contributed by atoms with Gasteiger partial charge in [0.05, 0.1) is 12.1 Å². The summed E-state index contributed by atoms with van der Waals surface area (Å²) in [5.74, 6) is 1.47. The average Bonchev–Trinajstić information content (AvgIpc) is 3.32. The summed E-state index contributed by atoms with van der Waals surface area (Å²) in [5.41, 5.74) is 4.22. The Morgan fingerprint density at radius 1 is 0.800 bits per heavy atom. The lowest BCUT2D eigenvalue weighted by Gasteiger charge is -2.14. The van der Waals surface area contributed by atoms with Crippen LogP contribution in [0.4, 0.5) is 5.82 Å². The van der Waals surface area contributed by atoms with Crippen LogP contribution in [0, 0.1) is 0 Å². The summed E-state index contributed by atoms with van der Waals surface area (Å²) in [6.45, 7) is 1.39. The number of anilines is 1. The Morgan fingerprint density at radius 2 is 1.67 bits per heavy atom. The summed E-state index contributed by atoms with van der Waals surface area (Å²) in [6, 6.07) is 22.2. The SMILES string of the molecule is c1cncc(-c2nc(NCc3ccccc3Cn3cccn3)c3ccccc3n2)c1. The molecule has 0 aliphatic rings. The number of hydrogen-bond donors (Lipinski definition) is 1. The summed E-state index contributed by atoms with van der Waals surface area (Å²) in [6.07, 6.45) is 7.31. The van der Waals surface area contributed by atoms with Gasteiger partial charge in [-0.25, -0.2) is 9.97 Å². The highest BCUT2D eigenvalue weighted by Crippen LogP contribution is 2.25. The molecule has 0 fully saturated rings. The van der Waals surface area contributed by atoms with E-state index in [2.05, 4.69) is 39.7 Å². The lowest BCUT2D eigenvalue weighted by atomic mass is 10.1. The lowest BCUT2D eigenvalue weighted by molar-refractivity contribution is 0.682. The Kier molecular flexibility index (Phi) is 4.88. The van der Waals surface area contributed by atoms with E-state index >= 15 is 0 Å². The first kappa shape index (κ1) is 18.0. The molecule has 0 saturated heterocycles. The Morgan fingerprint density at radius 3 is 2.50 bits per heavy atom. The van der Waals surface area contributed by atoms with Gasteiger partial charge in [-0.1, -0.05) is 36.4 Å². The molecule has 5 aromatic rings. The molecule has 0 unspecified atom stereocenters. The van der Waals surface area contributed by atoms with Crippen LogP contribution in [0.1, 0.15) is 11.1 Å². The van der Waals surface area contributed by atoms with Crippen molar-refractivity contribution in [3.8, 4) is 11.4 Å². The third-order valence-corrected chi connectivity index (χ3v) is 4.98. The van der Waals surface area contributed by atoms with Crippen molar-refractivity contribution in [2.75, 3.05) is 5.32 Å². The summed E-state index contributed by atoms with van der Waals surface area (Å²) in [7, 11) is 0. The second-order valence-corrected chi connectivity index (χ2v) is 6.98. The number of fused-ring (bicyclic) bond motifs is 1. The smallest absolute Gasteiger partial charge is 0.163 e. The van der Waals surface area contributed by atoms with Gasteiger partial charge >= 0.3 is 0 Å². The first-order chi connectivity index (χ1) is 14.9. The molecule has 3 heterocycles. The van der Waals surface area contributed by atoms with Crippen LogP contribution in [0.5, 0.6) is 0 Å². The minimum Gasteiger partial charge on any atom is -0.365 e. The Balaban J connectivity index is 1.48. The monoisotopic (exact) mass is 392 g/mol. The highest BCUT2D eigenvalue weighted by Gasteiger charge is 2.10. The van der Waals surface area contributed by atoms with Gasteiger partial charge in [-0.15, -0.1) is 0 Å². The second kappa shape index (κ2) is 8.13. The van der Waals surface area contributed by atoms with Crippen molar-refractivity contribution in [3.05, 3.63) is 103 Å². The van der Waals surface area contributed by atoms with E-state index in [1.807, 2.05) is 53.3 Å². The summed E-state index contributed by atoms with van der Waals surface area (Å²) in [5, 5.41) is 8.85. The molecule has 30 heavy (non-hydrogen) atoms. The Labute approximate surface area is 174 Å². The molecule has 146 valence electrons. The summed E-state index contributed by atoms with van der Waals surface area (Å²) < 4.78 is 1.93. The molecule has 0 bridgehead atoms. The zero-order valence-electron chi connectivity index (χ0n) is 16.3. The molecule has 0 spiro atoms. The van der Waals surface area contributed by atoms with Crippen LogP contribution < -0.4 is 5.32 Å². The number of hydrogen-bond acceptors (Lipinski definition) is 5. The maximum atomic E-state index is 4.81. The molecule has 6 heteroatoms.